The van der Waals surface area contributed by atoms with Gasteiger partial charge in [-0.05, 0) is 25.5 Å². The van der Waals surface area contributed by atoms with Gasteiger partial charge in [0.25, 0.3) is 0 Å². The van der Waals surface area contributed by atoms with Crippen LogP contribution in [0.3, 0.4) is 0 Å². The smallest absolute Gasteiger partial charge is 0.242 e. The van der Waals surface area contributed by atoms with Crippen molar-refractivity contribution in [2.75, 3.05) is 0 Å². The fourth-order valence-corrected chi connectivity index (χ4v) is 3.48. The third kappa shape index (κ3) is 3.53. The predicted molar refractivity (Wildman–Crippen MR) is 83.2 cm³/mol. The van der Waals surface area contributed by atoms with Crippen molar-refractivity contribution in [2.45, 2.75) is 31.3 Å². The lowest BCUT2D eigenvalue weighted by atomic mass is 10.1. The molecule has 21 heavy (non-hydrogen) atoms. The quantitative estimate of drug-likeness (QED) is 0.884. The van der Waals surface area contributed by atoms with Gasteiger partial charge in [0.2, 0.25) is 10.0 Å². The van der Waals surface area contributed by atoms with Gasteiger partial charge in [-0.25, -0.2) is 13.1 Å². The van der Waals surface area contributed by atoms with Gasteiger partial charge >= 0.3 is 0 Å². The van der Waals surface area contributed by atoms with Crippen LogP contribution in [0.25, 0.3) is 0 Å². The minimum Gasteiger partial charge on any atom is -0.352 e. The standard InChI is InChI=1S/C15H21N3O2S/c1-11-4-6-13(7-5-11)12(2)17-21(19,20)15-8-14(9-16)18(3)10-15/h4-8,10,12,17H,9,16H2,1-3H3. The molecule has 0 spiro atoms. The molecule has 1 aromatic heterocycles. The normalized spacial score (nSPS) is 13.3. The average Bonchev–Trinajstić information content (AvgIpc) is 2.81. The van der Waals surface area contributed by atoms with E-state index in [1.54, 1.807) is 23.9 Å². The lowest BCUT2D eigenvalue weighted by Crippen LogP contribution is -2.26. The summed E-state index contributed by atoms with van der Waals surface area (Å²) in [5.41, 5.74) is 8.43. The number of hydrogen-bond donors (Lipinski definition) is 2. The molecule has 0 aliphatic rings. The molecule has 0 fully saturated rings. The lowest BCUT2D eigenvalue weighted by molar-refractivity contribution is 0.567. The monoisotopic (exact) mass is 307 g/mol. The Labute approximate surface area is 125 Å². The number of aromatic nitrogens is 1. The second-order valence-corrected chi connectivity index (χ2v) is 6.95. The van der Waals surface area contributed by atoms with E-state index in [0.717, 1.165) is 16.8 Å². The van der Waals surface area contributed by atoms with Crippen LogP contribution in [-0.2, 0) is 23.6 Å². The first-order valence-corrected chi connectivity index (χ1v) is 8.26. The highest BCUT2D eigenvalue weighted by molar-refractivity contribution is 7.89. The highest BCUT2D eigenvalue weighted by Crippen LogP contribution is 2.19. The summed E-state index contributed by atoms with van der Waals surface area (Å²) < 4.78 is 29.2. The number of nitrogens with zero attached hydrogens (tertiary/aromatic N) is 1. The van der Waals surface area contributed by atoms with E-state index in [1.165, 1.54) is 0 Å². The second kappa shape index (κ2) is 6.01. The Hall–Kier alpha value is -1.63. The van der Waals surface area contributed by atoms with Crippen LogP contribution >= 0.6 is 0 Å². The first-order chi connectivity index (χ1) is 9.83. The van der Waals surface area contributed by atoms with Crippen LogP contribution in [0.15, 0.2) is 41.4 Å². The SMILES string of the molecule is Cc1ccc(C(C)NS(=O)(=O)c2cc(CN)n(C)c2)cc1. The van der Waals surface area contributed by atoms with Gasteiger partial charge in [-0.3, -0.25) is 0 Å². The minimum absolute atomic E-state index is 0.240. The van der Waals surface area contributed by atoms with E-state index in [2.05, 4.69) is 4.72 Å². The number of sulfonamides is 1. The molecule has 2 rings (SSSR count). The highest BCUT2D eigenvalue weighted by atomic mass is 32.2. The number of nitrogens with two attached hydrogens (primary N) is 1. The van der Waals surface area contributed by atoms with Gasteiger partial charge in [0.05, 0.1) is 4.90 Å². The summed E-state index contributed by atoms with van der Waals surface area (Å²) in [6.07, 6.45) is 1.58. The maximum atomic E-state index is 12.4. The molecular weight excluding hydrogens is 286 g/mol. The van der Waals surface area contributed by atoms with E-state index in [0.29, 0.717) is 6.54 Å². The maximum Gasteiger partial charge on any atom is 0.242 e. The Bertz CT molecular complexity index is 718. The fourth-order valence-electron chi connectivity index (χ4n) is 2.15. The Morgan fingerprint density at radius 1 is 1.29 bits per heavy atom. The van der Waals surface area contributed by atoms with Crippen LogP contribution in [0.5, 0.6) is 0 Å². The molecule has 114 valence electrons. The molecule has 2 aromatic rings. The molecule has 0 radical (unpaired) electrons. The van der Waals surface area contributed by atoms with Crippen LogP contribution in [0.2, 0.25) is 0 Å². The van der Waals surface area contributed by atoms with Crippen LogP contribution in [0.4, 0.5) is 0 Å². The Balaban J connectivity index is 2.22. The molecule has 1 unspecified atom stereocenters. The number of aryl methyl sites for hydroxylation is 2. The molecule has 1 aromatic carbocycles. The molecular formula is C15H21N3O2S. The molecule has 0 bridgehead atoms. The number of benzene rings is 1. The zero-order valence-corrected chi connectivity index (χ0v) is 13.3. The van der Waals surface area contributed by atoms with E-state index in [-0.39, 0.29) is 10.9 Å². The van der Waals surface area contributed by atoms with Gasteiger partial charge < -0.3 is 10.3 Å². The van der Waals surface area contributed by atoms with Crippen molar-refractivity contribution in [2.24, 2.45) is 12.8 Å². The van der Waals surface area contributed by atoms with E-state index in [9.17, 15) is 8.42 Å². The molecule has 5 nitrogen and oxygen atoms in total. The Kier molecular flexibility index (Phi) is 4.51. The van der Waals surface area contributed by atoms with Gasteiger partial charge in [-0.2, -0.15) is 0 Å². The summed E-state index contributed by atoms with van der Waals surface area (Å²) in [6, 6.07) is 9.10. The van der Waals surface area contributed by atoms with Gasteiger partial charge in [-0.15, -0.1) is 0 Å². The van der Waals surface area contributed by atoms with E-state index in [4.69, 9.17) is 5.73 Å². The summed E-state index contributed by atoms with van der Waals surface area (Å²) in [4.78, 5) is 0.240. The molecule has 3 N–H and O–H groups in total. The predicted octanol–water partition coefficient (Wildman–Crippen LogP) is 1.83. The topological polar surface area (TPSA) is 77.1 Å². The first-order valence-electron chi connectivity index (χ1n) is 6.77. The van der Waals surface area contributed by atoms with Crippen LogP contribution < -0.4 is 10.5 Å². The maximum absolute atomic E-state index is 12.4. The molecule has 1 atom stereocenters. The summed E-state index contributed by atoms with van der Waals surface area (Å²) >= 11 is 0. The van der Waals surface area contributed by atoms with Gasteiger partial charge in [-0.1, -0.05) is 29.8 Å². The third-order valence-electron chi connectivity index (χ3n) is 3.51. The zero-order valence-electron chi connectivity index (χ0n) is 12.5. The van der Waals surface area contributed by atoms with Gasteiger partial charge in [0.15, 0.2) is 0 Å². The first kappa shape index (κ1) is 15.8. The van der Waals surface area contributed by atoms with Crippen LogP contribution in [0.1, 0.15) is 29.8 Å². The molecule has 0 saturated carbocycles. The molecule has 0 aliphatic carbocycles. The van der Waals surface area contributed by atoms with Crippen molar-refractivity contribution in [1.82, 2.24) is 9.29 Å². The average molecular weight is 307 g/mol. The number of rotatable bonds is 5. The molecule has 0 aliphatic heterocycles. The summed E-state index contributed by atoms with van der Waals surface area (Å²) in [5.74, 6) is 0. The molecule has 6 heteroatoms. The van der Waals surface area contributed by atoms with E-state index in [1.807, 2.05) is 38.1 Å². The number of hydrogen-bond acceptors (Lipinski definition) is 3. The summed E-state index contributed by atoms with van der Waals surface area (Å²) in [5, 5.41) is 0. The minimum atomic E-state index is -3.56. The Morgan fingerprint density at radius 2 is 1.90 bits per heavy atom. The highest BCUT2D eigenvalue weighted by Gasteiger charge is 2.20. The molecule has 0 amide bonds. The van der Waals surface area contributed by atoms with Crippen molar-refractivity contribution >= 4 is 10.0 Å². The summed E-state index contributed by atoms with van der Waals surface area (Å²) in [7, 11) is -1.77. The van der Waals surface area contributed by atoms with Crippen molar-refractivity contribution in [3.63, 3.8) is 0 Å². The summed E-state index contributed by atoms with van der Waals surface area (Å²) in [6.45, 7) is 4.13. The van der Waals surface area contributed by atoms with Crippen molar-refractivity contribution in [3.05, 3.63) is 53.3 Å². The lowest BCUT2D eigenvalue weighted by Gasteiger charge is -2.14. The van der Waals surface area contributed by atoms with Crippen LogP contribution in [-0.4, -0.2) is 13.0 Å². The van der Waals surface area contributed by atoms with E-state index < -0.39 is 10.0 Å². The van der Waals surface area contributed by atoms with Gasteiger partial charge in [0, 0.05) is 31.5 Å². The third-order valence-corrected chi connectivity index (χ3v) is 5.02. The fraction of sp³-hybridized carbons (Fsp3) is 0.333. The van der Waals surface area contributed by atoms with Gasteiger partial charge in [0.1, 0.15) is 0 Å². The largest absolute Gasteiger partial charge is 0.352 e. The molecule has 1 heterocycles. The van der Waals surface area contributed by atoms with Crippen molar-refractivity contribution in [3.8, 4) is 0 Å². The van der Waals surface area contributed by atoms with Crippen molar-refractivity contribution in [1.29, 1.82) is 0 Å². The zero-order chi connectivity index (χ0) is 15.6. The van der Waals surface area contributed by atoms with Crippen molar-refractivity contribution < 1.29 is 8.42 Å². The number of nitrogens with one attached hydrogen (secondary N) is 1. The second-order valence-electron chi connectivity index (χ2n) is 5.24. The Morgan fingerprint density at radius 3 is 2.43 bits per heavy atom. The van der Waals surface area contributed by atoms with E-state index >= 15 is 0 Å². The van der Waals surface area contributed by atoms with Crippen LogP contribution in [0, 0.1) is 6.92 Å². The molecule has 0 saturated heterocycles.